The van der Waals surface area contributed by atoms with Crippen LogP contribution in [0.15, 0.2) is 24.3 Å². The number of nitrogens with zero attached hydrogens (tertiary/aromatic N) is 1. The Hall–Kier alpha value is -1.61. The first-order chi connectivity index (χ1) is 9.11. The van der Waals surface area contributed by atoms with E-state index in [4.69, 9.17) is 5.73 Å². The van der Waals surface area contributed by atoms with Gasteiger partial charge in [-0.1, -0.05) is 23.8 Å². The van der Waals surface area contributed by atoms with E-state index in [-0.39, 0.29) is 11.9 Å². The maximum Gasteiger partial charge on any atom is 0.246 e. The summed E-state index contributed by atoms with van der Waals surface area (Å²) in [6.07, 6.45) is 5.67. The lowest BCUT2D eigenvalue weighted by Gasteiger charge is -2.21. The van der Waals surface area contributed by atoms with Gasteiger partial charge in [-0.15, -0.1) is 0 Å². The fraction of sp³-hybridized carbons (Fsp3) is 0.438. The van der Waals surface area contributed by atoms with Crippen LogP contribution in [0.4, 0.5) is 0 Å². The van der Waals surface area contributed by atoms with Crippen LogP contribution in [0, 0.1) is 13.8 Å². The maximum absolute atomic E-state index is 12.1. The molecule has 1 saturated heterocycles. The molecule has 2 rings (SSSR count). The molecule has 1 aliphatic rings. The van der Waals surface area contributed by atoms with Crippen LogP contribution in [0.2, 0.25) is 0 Å². The van der Waals surface area contributed by atoms with Crippen molar-refractivity contribution in [3.05, 3.63) is 41.0 Å². The first-order valence-electron chi connectivity index (χ1n) is 6.88. The second kappa shape index (κ2) is 6.02. The zero-order chi connectivity index (χ0) is 13.8. The number of carbonyl (C=O) groups excluding carboxylic acids is 1. The second-order valence-corrected chi connectivity index (χ2v) is 5.26. The van der Waals surface area contributed by atoms with Crippen LogP contribution in [0.25, 0.3) is 6.08 Å². The summed E-state index contributed by atoms with van der Waals surface area (Å²) in [5.74, 6) is 0.0768. The number of rotatable bonds is 3. The fourth-order valence-electron chi connectivity index (χ4n) is 2.64. The average Bonchev–Trinajstić information content (AvgIpc) is 2.85. The number of nitrogens with two attached hydrogens (primary N) is 1. The van der Waals surface area contributed by atoms with Crippen LogP contribution in [-0.4, -0.2) is 29.9 Å². The van der Waals surface area contributed by atoms with Gasteiger partial charge in [-0.05, 0) is 43.9 Å². The van der Waals surface area contributed by atoms with Gasteiger partial charge in [-0.25, -0.2) is 0 Å². The third kappa shape index (κ3) is 3.24. The Morgan fingerprint density at radius 3 is 2.95 bits per heavy atom. The average molecular weight is 258 g/mol. The molecule has 0 bridgehead atoms. The summed E-state index contributed by atoms with van der Waals surface area (Å²) >= 11 is 0. The summed E-state index contributed by atoms with van der Waals surface area (Å²) < 4.78 is 0. The molecule has 0 spiro atoms. The van der Waals surface area contributed by atoms with Crippen molar-refractivity contribution in [2.75, 3.05) is 13.1 Å². The zero-order valence-electron chi connectivity index (χ0n) is 11.7. The second-order valence-electron chi connectivity index (χ2n) is 5.26. The SMILES string of the molecule is Cc1ccc(/C=C/C(=O)N2CCCC2CN)c(C)c1. The Bertz CT molecular complexity index is 494. The maximum atomic E-state index is 12.1. The summed E-state index contributed by atoms with van der Waals surface area (Å²) in [4.78, 5) is 14.0. The van der Waals surface area contributed by atoms with Gasteiger partial charge in [-0.2, -0.15) is 0 Å². The fourth-order valence-corrected chi connectivity index (χ4v) is 2.64. The van der Waals surface area contributed by atoms with E-state index in [1.54, 1.807) is 6.08 Å². The predicted molar refractivity (Wildman–Crippen MR) is 78.7 cm³/mol. The molecule has 1 unspecified atom stereocenters. The van der Waals surface area contributed by atoms with Gasteiger partial charge in [-0.3, -0.25) is 4.79 Å². The Morgan fingerprint density at radius 2 is 2.26 bits per heavy atom. The molecular weight excluding hydrogens is 236 g/mol. The molecule has 0 aliphatic carbocycles. The summed E-state index contributed by atoms with van der Waals surface area (Å²) in [5, 5.41) is 0. The first-order valence-corrected chi connectivity index (χ1v) is 6.88. The Balaban J connectivity index is 2.07. The van der Waals surface area contributed by atoms with Crippen LogP contribution in [0.5, 0.6) is 0 Å². The minimum Gasteiger partial charge on any atom is -0.335 e. The van der Waals surface area contributed by atoms with Crippen molar-refractivity contribution in [3.63, 3.8) is 0 Å². The highest BCUT2D eigenvalue weighted by molar-refractivity contribution is 5.92. The van der Waals surface area contributed by atoms with E-state index in [9.17, 15) is 4.79 Å². The summed E-state index contributed by atoms with van der Waals surface area (Å²) in [5.41, 5.74) is 9.23. The number of hydrogen-bond donors (Lipinski definition) is 1. The highest BCUT2D eigenvalue weighted by Crippen LogP contribution is 2.17. The molecule has 19 heavy (non-hydrogen) atoms. The van der Waals surface area contributed by atoms with Crippen LogP contribution in [-0.2, 0) is 4.79 Å². The standard InChI is InChI=1S/C16H22N2O/c1-12-5-6-14(13(2)10-12)7-8-16(19)18-9-3-4-15(18)11-17/h5-8,10,15H,3-4,9,11,17H2,1-2H3/b8-7+. The molecule has 102 valence electrons. The third-order valence-electron chi connectivity index (χ3n) is 3.76. The van der Waals surface area contributed by atoms with Crippen molar-refractivity contribution in [2.24, 2.45) is 5.73 Å². The predicted octanol–water partition coefficient (Wildman–Crippen LogP) is 2.27. The van der Waals surface area contributed by atoms with E-state index in [1.807, 2.05) is 11.0 Å². The van der Waals surface area contributed by atoms with Gasteiger partial charge in [0.25, 0.3) is 0 Å². The highest BCUT2D eigenvalue weighted by atomic mass is 16.2. The smallest absolute Gasteiger partial charge is 0.246 e. The van der Waals surface area contributed by atoms with E-state index < -0.39 is 0 Å². The number of amides is 1. The van der Waals surface area contributed by atoms with E-state index >= 15 is 0 Å². The summed E-state index contributed by atoms with van der Waals surface area (Å²) in [7, 11) is 0. The van der Waals surface area contributed by atoms with E-state index in [2.05, 4.69) is 32.0 Å². The molecule has 1 fully saturated rings. The van der Waals surface area contributed by atoms with Gasteiger partial charge < -0.3 is 10.6 Å². The molecule has 0 radical (unpaired) electrons. The van der Waals surface area contributed by atoms with Crippen molar-refractivity contribution in [2.45, 2.75) is 32.7 Å². The quantitative estimate of drug-likeness (QED) is 0.845. The van der Waals surface area contributed by atoms with Gasteiger partial charge >= 0.3 is 0 Å². The van der Waals surface area contributed by atoms with Crippen LogP contribution in [0.3, 0.4) is 0 Å². The van der Waals surface area contributed by atoms with Crippen molar-refractivity contribution >= 4 is 12.0 Å². The molecule has 1 heterocycles. The van der Waals surface area contributed by atoms with Crippen molar-refractivity contribution < 1.29 is 4.79 Å². The third-order valence-corrected chi connectivity index (χ3v) is 3.76. The highest BCUT2D eigenvalue weighted by Gasteiger charge is 2.25. The van der Waals surface area contributed by atoms with Crippen LogP contribution >= 0.6 is 0 Å². The largest absolute Gasteiger partial charge is 0.335 e. The van der Waals surface area contributed by atoms with Crippen LogP contribution in [0.1, 0.15) is 29.5 Å². The summed E-state index contributed by atoms with van der Waals surface area (Å²) in [6, 6.07) is 6.47. The lowest BCUT2D eigenvalue weighted by Crippen LogP contribution is -2.38. The molecule has 1 aliphatic heterocycles. The molecule has 1 amide bonds. The van der Waals surface area contributed by atoms with E-state index in [0.717, 1.165) is 24.9 Å². The van der Waals surface area contributed by atoms with Crippen molar-refractivity contribution in [3.8, 4) is 0 Å². The lowest BCUT2D eigenvalue weighted by molar-refractivity contribution is -0.126. The first kappa shape index (κ1) is 13.8. The monoisotopic (exact) mass is 258 g/mol. The van der Waals surface area contributed by atoms with Crippen molar-refractivity contribution in [1.29, 1.82) is 0 Å². The number of carbonyl (C=O) groups is 1. The molecular formula is C16H22N2O. The van der Waals surface area contributed by atoms with Gasteiger partial charge in [0.15, 0.2) is 0 Å². The molecule has 0 saturated carbocycles. The topological polar surface area (TPSA) is 46.3 Å². The number of likely N-dealkylation sites (tertiary alicyclic amines) is 1. The van der Waals surface area contributed by atoms with Gasteiger partial charge in [0, 0.05) is 25.2 Å². The van der Waals surface area contributed by atoms with E-state index in [1.165, 1.54) is 11.1 Å². The molecule has 0 aromatic heterocycles. The number of aryl methyl sites for hydroxylation is 2. The minimum atomic E-state index is 0.0768. The lowest BCUT2D eigenvalue weighted by atomic mass is 10.1. The van der Waals surface area contributed by atoms with Crippen LogP contribution < -0.4 is 5.73 Å². The normalized spacial score (nSPS) is 19.3. The van der Waals surface area contributed by atoms with E-state index in [0.29, 0.717) is 6.54 Å². The summed E-state index contributed by atoms with van der Waals surface area (Å²) in [6.45, 7) is 5.53. The Kier molecular flexibility index (Phi) is 4.38. The molecule has 3 nitrogen and oxygen atoms in total. The minimum absolute atomic E-state index is 0.0768. The van der Waals surface area contributed by atoms with Gasteiger partial charge in [0.2, 0.25) is 5.91 Å². The zero-order valence-corrected chi connectivity index (χ0v) is 11.7. The van der Waals surface area contributed by atoms with Gasteiger partial charge in [0.1, 0.15) is 0 Å². The molecule has 3 heteroatoms. The Labute approximate surface area is 115 Å². The molecule has 1 aromatic rings. The van der Waals surface area contributed by atoms with Crippen molar-refractivity contribution in [1.82, 2.24) is 4.90 Å². The van der Waals surface area contributed by atoms with Gasteiger partial charge in [0.05, 0.1) is 0 Å². The molecule has 2 N–H and O–H groups in total. The molecule has 1 atom stereocenters. The molecule has 1 aromatic carbocycles. The number of benzene rings is 1. The Morgan fingerprint density at radius 1 is 1.47 bits per heavy atom. The number of hydrogen-bond acceptors (Lipinski definition) is 2.